The summed E-state index contributed by atoms with van der Waals surface area (Å²) in [5, 5.41) is 11.2. The fraction of sp³-hybridized carbons (Fsp3) is 0.353. The van der Waals surface area contributed by atoms with Gasteiger partial charge in [-0.1, -0.05) is 17.3 Å². The molecule has 0 saturated carbocycles. The van der Waals surface area contributed by atoms with Crippen LogP contribution in [0.5, 0.6) is 0 Å². The minimum atomic E-state index is -0.648. The molecule has 126 valence electrons. The van der Waals surface area contributed by atoms with E-state index in [4.69, 9.17) is 4.84 Å². The van der Waals surface area contributed by atoms with E-state index in [2.05, 4.69) is 15.6 Å². The van der Waals surface area contributed by atoms with Crippen molar-refractivity contribution in [2.24, 2.45) is 5.16 Å². The maximum absolute atomic E-state index is 12.9. The third-order valence-corrected chi connectivity index (χ3v) is 3.92. The number of oxime groups is 1. The molecule has 2 heterocycles. The number of hydrogen-bond acceptors (Lipinski definition) is 4. The topological polar surface area (TPSA) is 68.5 Å². The largest absolute Gasteiger partial charge is 0.382 e. The number of benzene rings is 1. The summed E-state index contributed by atoms with van der Waals surface area (Å²) >= 11 is 0. The summed E-state index contributed by atoms with van der Waals surface area (Å²) in [6.07, 6.45) is 1.67. The molecule has 2 aromatic rings. The van der Waals surface area contributed by atoms with Crippen molar-refractivity contribution in [2.75, 3.05) is 0 Å². The molecule has 7 heteroatoms. The van der Waals surface area contributed by atoms with Gasteiger partial charge in [0.05, 0.1) is 11.4 Å². The number of carbonyl (C=O) groups is 1. The molecule has 0 fully saturated rings. The second kappa shape index (κ2) is 6.82. The van der Waals surface area contributed by atoms with Gasteiger partial charge in [0.1, 0.15) is 5.82 Å². The Balaban J connectivity index is 1.56. The van der Waals surface area contributed by atoms with Crippen LogP contribution in [0.15, 0.2) is 35.6 Å². The van der Waals surface area contributed by atoms with Crippen molar-refractivity contribution < 1.29 is 14.0 Å². The first-order valence-corrected chi connectivity index (χ1v) is 7.86. The van der Waals surface area contributed by atoms with Crippen LogP contribution in [0.1, 0.15) is 30.2 Å². The molecule has 1 unspecified atom stereocenters. The molecule has 1 aromatic carbocycles. The van der Waals surface area contributed by atoms with Crippen LogP contribution in [0, 0.1) is 12.7 Å². The fourth-order valence-corrected chi connectivity index (χ4v) is 2.55. The number of carbonyl (C=O) groups excluding carboxylic acids is 1. The van der Waals surface area contributed by atoms with Gasteiger partial charge in [-0.25, -0.2) is 4.39 Å². The highest BCUT2D eigenvalue weighted by Gasteiger charge is 2.30. The summed E-state index contributed by atoms with van der Waals surface area (Å²) in [4.78, 5) is 17.5. The van der Waals surface area contributed by atoms with E-state index in [0.717, 1.165) is 29.1 Å². The average Bonchev–Trinajstić information content (AvgIpc) is 3.20. The minimum Gasteiger partial charge on any atom is -0.382 e. The van der Waals surface area contributed by atoms with Gasteiger partial charge in [-0.2, -0.15) is 5.10 Å². The first-order valence-electron chi connectivity index (χ1n) is 7.86. The van der Waals surface area contributed by atoms with Crippen LogP contribution in [0.3, 0.4) is 0 Å². The van der Waals surface area contributed by atoms with Crippen LogP contribution < -0.4 is 5.32 Å². The van der Waals surface area contributed by atoms with Crippen molar-refractivity contribution in [3.8, 4) is 0 Å². The van der Waals surface area contributed by atoms with Crippen molar-refractivity contribution >= 4 is 11.6 Å². The van der Waals surface area contributed by atoms with E-state index in [1.54, 1.807) is 12.1 Å². The van der Waals surface area contributed by atoms with Crippen LogP contribution in [0.25, 0.3) is 0 Å². The Labute approximate surface area is 139 Å². The van der Waals surface area contributed by atoms with E-state index >= 15 is 0 Å². The van der Waals surface area contributed by atoms with E-state index in [0.29, 0.717) is 13.0 Å². The first-order chi connectivity index (χ1) is 11.6. The molecule has 1 aliphatic rings. The summed E-state index contributed by atoms with van der Waals surface area (Å²) in [5.74, 6) is -0.538. The lowest BCUT2D eigenvalue weighted by atomic mass is 10.1. The predicted octanol–water partition coefficient (Wildman–Crippen LogP) is 2.16. The monoisotopic (exact) mass is 330 g/mol. The number of aromatic nitrogens is 2. The highest BCUT2D eigenvalue weighted by atomic mass is 19.1. The summed E-state index contributed by atoms with van der Waals surface area (Å²) in [7, 11) is 0. The molecule has 1 atom stereocenters. The highest BCUT2D eigenvalue weighted by Crippen LogP contribution is 2.19. The Morgan fingerprint density at radius 3 is 2.83 bits per heavy atom. The lowest BCUT2D eigenvalue weighted by Crippen LogP contribution is -2.34. The van der Waals surface area contributed by atoms with Crippen molar-refractivity contribution in [3.63, 3.8) is 0 Å². The molecule has 1 aliphatic heterocycles. The Morgan fingerprint density at radius 2 is 2.17 bits per heavy atom. The van der Waals surface area contributed by atoms with Crippen LogP contribution in [0.4, 0.5) is 4.39 Å². The SMILES string of the molecule is CCn1cc(C2=NOC(C(=O)NCc3ccc(F)cc3)C2)c(C)n1. The zero-order valence-electron chi connectivity index (χ0n) is 13.6. The van der Waals surface area contributed by atoms with Gasteiger partial charge in [0.2, 0.25) is 6.10 Å². The molecule has 0 aliphatic carbocycles. The zero-order valence-corrected chi connectivity index (χ0v) is 13.6. The van der Waals surface area contributed by atoms with Crippen LogP contribution in [-0.2, 0) is 22.7 Å². The molecule has 24 heavy (non-hydrogen) atoms. The smallest absolute Gasteiger partial charge is 0.264 e. The van der Waals surface area contributed by atoms with Crippen LogP contribution in [-0.4, -0.2) is 27.5 Å². The van der Waals surface area contributed by atoms with E-state index in [-0.39, 0.29) is 11.7 Å². The number of nitrogens with one attached hydrogen (secondary N) is 1. The van der Waals surface area contributed by atoms with Crippen molar-refractivity contribution in [3.05, 3.63) is 53.1 Å². The molecule has 0 bridgehead atoms. The van der Waals surface area contributed by atoms with Crippen LogP contribution in [0.2, 0.25) is 0 Å². The van der Waals surface area contributed by atoms with Crippen LogP contribution >= 0.6 is 0 Å². The van der Waals surface area contributed by atoms with Gasteiger partial charge in [-0.05, 0) is 31.5 Å². The highest BCUT2D eigenvalue weighted by molar-refractivity contribution is 6.04. The molecule has 0 spiro atoms. The number of amides is 1. The zero-order chi connectivity index (χ0) is 17.1. The van der Waals surface area contributed by atoms with Crippen molar-refractivity contribution in [1.82, 2.24) is 15.1 Å². The molecule has 0 saturated heterocycles. The van der Waals surface area contributed by atoms with Gasteiger partial charge in [0, 0.05) is 31.3 Å². The second-order valence-electron chi connectivity index (χ2n) is 5.66. The van der Waals surface area contributed by atoms with E-state index < -0.39 is 6.10 Å². The Kier molecular flexibility index (Phi) is 4.59. The van der Waals surface area contributed by atoms with Crippen molar-refractivity contribution in [1.29, 1.82) is 0 Å². The minimum absolute atomic E-state index is 0.237. The van der Waals surface area contributed by atoms with Gasteiger partial charge in [-0.15, -0.1) is 0 Å². The Morgan fingerprint density at radius 1 is 1.42 bits per heavy atom. The molecular weight excluding hydrogens is 311 g/mol. The quantitative estimate of drug-likeness (QED) is 0.913. The fourth-order valence-electron chi connectivity index (χ4n) is 2.55. The Hall–Kier alpha value is -2.70. The number of hydrogen-bond donors (Lipinski definition) is 1. The van der Waals surface area contributed by atoms with Crippen molar-refractivity contribution in [2.45, 2.75) is 39.5 Å². The number of rotatable bonds is 5. The maximum Gasteiger partial charge on any atom is 0.264 e. The maximum atomic E-state index is 12.9. The standard InChI is InChI=1S/C17H19FN4O2/c1-3-22-10-14(11(2)20-22)15-8-16(24-21-15)17(23)19-9-12-4-6-13(18)7-5-12/h4-7,10,16H,3,8-9H2,1-2H3,(H,19,23). The molecule has 3 rings (SSSR count). The number of halogens is 1. The number of nitrogens with zero attached hydrogens (tertiary/aromatic N) is 3. The number of aryl methyl sites for hydroxylation is 2. The average molecular weight is 330 g/mol. The third-order valence-electron chi connectivity index (χ3n) is 3.92. The summed E-state index contributed by atoms with van der Waals surface area (Å²) < 4.78 is 14.7. The summed E-state index contributed by atoms with van der Waals surface area (Å²) in [6.45, 7) is 5.01. The Bertz CT molecular complexity index is 767. The second-order valence-corrected chi connectivity index (χ2v) is 5.66. The lowest BCUT2D eigenvalue weighted by Gasteiger charge is -2.09. The van der Waals surface area contributed by atoms with Gasteiger partial charge in [-0.3, -0.25) is 9.48 Å². The molecule has 1 amide bonds. The molecule has 1 aromatic heterocycles. The van der Waals surface area contributed by atoms with E-state index in [1.807, 2.05) is 24.7 Å². The van der Waals surface area contributed by atoms with Gasteiger partial charge in [0.25, 0.3) is 5.91 Å². The predicted molar refractivity (Wildman–Crippen MR) is 86.9 cm³/mol. The third kappa shape index (κ3) is 3.45. The van der Waals surface area contributed by atoms with E-state index in [9.17, 15) is 9.18 Å². The van der Waals surface area contributed by atoms with Gasteiger partial charge < -0.3 is 10.2 Å². The van der Waals surface area contributed by atoms with Gasteiger partial charge in [0.15, 0.2) is 0 Å². The summed E-state index contributed by atoms with van der Waals surface area (Å²) in [5.41, 5.74) is 3.33. The molecule has 1 N–H and O–H groups in total. The lowest BCUT2D eigenvalue weighted by molar-refractivity contribution is -0.131. The summed E-state index contributed by atoms with van der Waals surface area (Å²) in [6, 6.07) is 6.00. The molecule has 6 nitrogen and oxygen atoms in total. The van der Waals surface area contributed by atoms with E-state index in [1.165, 1.54) is 12.1 Å². The van der Waals surface area contributed by atoms with Gasteiger partial charge >= 0.3 is 0 Å². The normalized spacial score (nSPS) is 16.6. The first kappa shape index (κ1) is 16.2. The molecule has 0 radical (unpaired) electrons. The molecular formula is C17H19FN4O2.